The van der Waals surface area contributed by atoms with Crippen LogP contribution in [0.25, 0.3) is 0 Å². The number of aryl methyl sites for hydroxylation is 1. The smallest absolute Gasteiger partial charge is 0.123 e. The minimum absolute atomic E-state index is 0.213. The molecule has 4 heteroatoms. The summed E-state index contributed by atoms with van der Waals surface area (Å²) in [7, 11) is 0. The molecule has 19 heavy (non-hydrogen) atoms. The molecule has 1 heterocycles. The van der Waals surface area contributed by atoms with E-state index in [1.54, 1.807) is 12.1 Å². The van der Waals surface area contributed by atoms with Gasteiger partial charge in [-0.25, -0.2) is 4.39 Å². The van der Waals surface area contributed by atoms with Gasteiger partial charge in [-0.05, 0) is 44.0 Å². The van der Waals surface area contributed by atoms with Crippen LogP contribution in [0, 0.1) is 19.7 Å². The van der Waals surface area contributed by atoms with Crippen molar-refractivity contribution in [3.8, 4) is 0 Å². The van der Waals surface area contributed by atoms with E-state index in [2.05, 4.69) is 12.0 Å². The number of rotatable bonds is 4. The van der Waals surface area contributed by atoms with E-state index < -0.39 is 0 Å². The quantitative estimate of drug-likeness (QED) is 0.919. The summed E-state index contributed by atoms with van der Waals surface area (Å²) in [6, 6.07) is 6.63. The summed E-state index contributed by atoms with van der Waals surface area (Å²) in [5, 5.41) is 4.54. The molecule has 3 nitrogen and oxygen atoms in total. The van der Waals surface area contributed by atoms with Crippen molar-refractivity contribution in [2.45, 2.75) is 33.2 Å². The van der Waals surface area contributed by atoms with Gasteiger partial charge in [0.2, 0.25) is 0 Å². The molecule has 0 amide bonds. The lowest BCUT2D eigenvalue weighted by Crippen LogP contribution is -2.11. The number of nitrogens with zero attached hydrogens (tertiary/aromatic N) is 2. The second-order valence-corrected chi connectivity index (χ2v) is 5.01. The van der Waals surface area contributed by atoms with Crippen LogP contribution in [0.4, 0.5) is 4.39 Å². The van der Waals surface area contributed by atoms with Gasteiger partial charge in [0.25, 0.3) is 0 Å². The zero-order chi connectivity index (χ0) is 14.0. The second-order valence-electron chi connectivity index (χ2n) is 5.01. The molecule has 1 unspecified atom stereocenters. The van der Waals surface area contributed by atoms with Gasteiger partial charge in [-0.1, -0.05) is 19.1 Å². The minimum atomic E-state index is -0.213. The summed E-state index contributed by atoms with van der Waals surface area (Å²) >= 11 is 0. The summed E-state index contributed by atoms with van der Waals surface area (Å²) in [6.45, 7) is 7.33. The first kappa shape index (κ1) is 13.7. The lowest BCUT2D eigenvalue weighted by molar-refractivity contribution is 0.615. The lowest BCUT2D eigenvalue weighted by atomic mass is 9.99. The average molecular weight is 261 g/mol. The molecule has 0 aliphatic carbocycles. The van der Waals surface area contributed by atoms with Crippen LogP contribution >= 0.6 is 0 Å². The van der Waals surface area contributed by atoms with Crippen LogP contribution < -0.4 is 5.73 Å². The van der Waals surface area contributed by atoms with Crippen molar-refractivity contribution in [1.82, 2.24) is 9.78 Å². The second kappa shape index (κ2) is 5.53. The van der Waals surface area contributed by atoms with Crippen LogP contribution in [0.2, 0.25) is 0 Å². The third kappa shape index (κ3) is 2.84. The number of hydrogen-bond acceptors (Lipinski definition) is 2. The molecule has 1 aromatic carbocycles. The van der Waals surface area contributed by atoms with Gasteiger partial charge in [0.15, 0.2) is 0 Å². The van der Waals surface area contributed by atoms with Gasteiger partial charge < -0.3 is 5.73 Å². The highest BCUT2D eigenvalue weighted by Crippen LogP contribution is 2.23. The Morgan fingerprint density at radius 1 is 1.37 bits per heavy atom. The molecule has 2 N–H and O–H groups in total. The van der Waals surface area contributed by atoms with Crippen molar-refractivity contribution in [3.63, 3.8) is 0 Å². The summed E-state index contributed by atoms with van der Waals surface area (Å²) in [5.41, 5.74) is 9.98. The summed E-state index contributed by atoms with van der Waals surface area (Å²) in [6.07, 6.45) is 0. The molecule has 102 valence electrons. The fourth-order valence-corrected chi connectivity index (χ4v) is 2.50. The topological polar surface area (TPSA) is 43.8 Å². The first-order valence-electron chi connectivity index (χ1n) is 6.51. The van der Waals surface area contributed by atoms with E-state index in [4.69, 9.17) is 5.73 Å². The van der Waals surface area contributed by atoms with Gasteiger partial charge in [-0.3, -0.25) is 4.68 Å². The number of halogens is 1. The first-order chi connectivity index (χ1) is 9.02. The largest absolute Gasteiger partial charge is 0.330 e. The Bertz CT molecular complexity index is 575. The first-order valence-corrected chi connectivity index (χ1v) is 6.51. The van der Waals surface area contributed by atoms with Crippen LogP contribution in [0.5, 0.6) is 0 Å². The van der Waals surface area contributed by atoms with Gasteiger partial charge in [0.05, 0.1) is 12.2 Å². The molecule has 0 aliphatic rings. The normalized spacial score (nSPS) is 12.7. The Hall–Kier alpha value is -1.68. The third-order valence-electron chi connectivity index (χ3n) is 3.51. The van der Waals surface area contributed by atoms with Gasteiger partial charge in [-0.15, -0.1) is 0 Å². The van der Waals surface area contributed by atoms with Gasteiger partial charge in [0, 0.05) is 11.3 Å². The van der Waals surface area contributed by atoms with E-state index in [-0.39, 0.29) is 5.82 Å². The van der Waals surface area contributed by atoms with E-state index >= 15 is 0 Å². The van der Waals surface area contributed by atoms with E-state index in [1.165, 1.54) is 11.6 Å². The Labute approximate surface area is 113 Å². The van der Waals surface area contributed by atoms with Crippen LogP contribution in [-0.4, -0.2) is 16.3 Å². The van der Waals surface area contributed by atoms with Gasteiger partial charge >= 0.3 is 0 Å². The molecule has 0 saturated heterocycles. The average Bonchev–Trinajstić information content (AvgIpc) is 2.64. The predicted molar refractivity (Wildman–Crippen MR) is 74.7 cm³/mol. The van der Waals surface area contributed by atoms with Crippen LogP contribution in [-0.2, 0) is 6.54 Å². The maximum atomic E-state index is 13.2. The van der Waals surface area contributed by atoms with Crippen LogP contribution in [0.3, 0.4) is 0 Å². The van der Waals surface area contributed by atoms with Crippen molar-refractivity contribution in [2.75, 3.05) is 6.54 Å². The summed E-state index contributed by atoms with van der Waals surface area (Å²) in [5.74, 6) is 0.0795. The summed E-state index contributed by atoms with van der Waals surface area (Å²) in [4.78, 5) is 0. The van der Waals surface area contributed by atoms with Crippen LogP contribution in [0.1, 0.15) is 35.4 Å². The highest BCUT2D eigenvalue weighted by Gasteiger charge is 2.16. The monoisotopic (exact) mass is 261 g/mol. The minimum Gasteiger partial charge on any atom is -0.330 e. The molecule has 0 bridgehead atoms. The molecule has 0 radical (unpaired) electrons. The number of aromatic nitrogens is 2. The number of benzene rings is 1. The van der Waals surface area contributed by atoms with Crippen LogP contribution in [0.15, 0.2) is 24.3 Å². The fourth-order valence-electron chi connectivity index (χ4n) is 2.50. The van der Waals surface area contributed by atoms with E-state index in [0.717, 1.165) is 17.0 Å². The van der Waals surface area contributed by atoms with E-state index in [0.29, 0.717) is 19.0 Å². The van der Waals surface area contributed by atoms with Crippen molar-refractivity contribution in [1.29, 1.82) is 0 Å². The van der Waals surface area contributed by atoms with Crippen molar-refractivity contribution >= 4 is 0 Å². The highest BCUT2D eigenvalue weighted by atomic mass is 19.1. The summed E-state index contributed by atoms with van der Waals surface area (Å²) < 4.78 is 15.1. The highest BCUT2D eigenvalue weighted by molar-refractivity contribution is 5.29. The standard InChI is InChI=1S/C15H20FN3/c1-10(8-17)15-11(2)18-19(12(15)3)9-13-5-4-6-14(16)7-13/h4-7,10H,8-9,17H2,1-3H3. The van der Waals surface area contributed by atoms with Gasteiger partial charge in [0.1, 0.15) is 5.82 Å². The molecule has 2 rings (SSSR count). The number of nitrogens with two attached hydrogens (primary N) is 1. The molecule has 2 aromatic rings. The SMILES string of the molecule is Cc1nn(Cc2cccc(F)c2)c(C)c1C(C)CN. The van der Waals surface area contributed by atoms with Crippen molar-refractivity contribution in [2.24, 2.45) is 5.73 Å². The Morgan fingerprint density at radius 3 is 2.74 bits per heavy atom. The van der Waals surface area contributed by atoms with Gasteiger partial charge in [-0.2, -0.15) is 5.10 Å². The Kier molecular flexibility index (Phi) is 4.00. The molecule has 1 aromatic heterocycles. The molecule has 0 saturated carbocycles. The van der Waals surface area contributed by atoms with Crippen molar-refractivity contribution in [3.05, 3.63) is 52.6 Å². The zero-order valence-electron chi connectivity index (χ0n) is 11.7. The fraction of sp³-hybridized carbons (Fsp3) is 0.400. The molecule has 1 atom stereocenters. The molecular weight excluding hydrogens is 241 g/mol. The van der Waals surface area contributed by atoms with E-state index in [1.807, 2.05) is 24.6 Å². The molecule has 0 spiro atoms. The third-order valence-corrected chi connectivity index (χ3v) is 3.51. The molecule has 0 aliphatic heterocycles. The maximum absolute atomic E-state index is 13.2. The molecular formula is C15H20FN3. The number of hydrogen-bond donors (Lipinski definition) is 1. The molecule has 0 fully saturated rings. The maximum Gasteiger partial charge on any atom is 0.123 e. The Morgan fingerprint density at radius 2 is 2.11 bits per heavy atom. The predicted octanol–water partition coefficient (Wildman–Crippen LogP) is 2.75. The van der Waals surface area contributed by atoms with E-state index in [9.17, 15) is 4.39 Å². The lowest BCUT2D eigenvalue weighted by Gasteiger charge is -2.10. The Balaban J connectivity index is 2.32. The van der Waals surface area contributed by atoms with Crippen molar-refractivity contribution < 1.29 is 4.39 Å². The zero-order valence-corrected chi connectivity index (χ0v) is 11.7.